The molecule has 11 heteroatoms. The summed E-state index contributed by atoms with van der Waals surface area (Å²) in [6, 6.07) is 41.6. The van der Waals surface area contributed by atoms with Gasteiger partial charge in [-0.15, -0.1) is 0 Å². The van der Waals surface area contributed by atoms with E-state index in [1.54, 1.807) is 0 Å². The van der Waals surface area contributed by atoms with E-state index >= 15 is 0 Å². The molecule has 5 aromatic rings. The van der Waals surface area contributed by atoms with E-state index in [4.69, 9.17) is 4.74 Å². The lowest BCUT2D eigenvalue weighted by atomic mass is 9.77. The van der Waals surface area contributed by atoms with Crippen molar-refractivity contribution < 1.29 is 33.8 Å². The molecule has 0 aromatic heterocycles. The molecule has 1 aliphatic carbocycles. The molecule has 51 heavy (non-hydrogen) atoms. The second-order valence-electron chi connectivity index (χ2n) is 11.9. The molecule has 0 spiro atoms. The predicted octanol–water partition coefficient (Wildman–Crippen LogP) is 4.62. The predicted molar refractivity (Wildman–Crippen MR) is 188 cm³/mol. The third-order valence-corrected chi connectivity index (χ3v) is 8.78. The number of carbonyl (C=O) groups excluding carboxylic acids is 4. The Labute approximate surface area is 293 Å². The summed E-state index contributed by atoms with van der Waals surface area (Å²) >= 11 is 0. The normalized spacial score (nSPS) is 12.4. The maximum atomic E-state index is 13.9. The average molecular weight is 683 g/mol. The van der Waals surface area contributed by atoms with Gasteiger partial charge in [-0.3, -0.25) is 19.8 Å². The SMILES string of the molecule is O=C(C[C@@H](NC(=O)C(=O)O)C(=O)NNC(=O)OCC1c2ccccc2-c2ccccc21)NC(c1ccccc1)(c1ccccc1)c1ccccc1. The molecule has 0 heterocycles. The number of carboxylic acid groups (broad SMARTS) is 1. The summed E-state index contributed by atoms with van der Waals surface area (Å²) in [5, 5.41) is 14.4. The maximum absolute atomic E-state index is 13.9. The summed E-state index contributed by atoms with van der Waals surface area (Å²) in [6.07, 6.45) is -1.67. The van der Waals surface area contributed by atoms with Gasteiger partial charge in [0.25, 0.3) is 5.91 Å². The van der Waals surface area contributed by atoms with Gasteiger partial charge in [0.2, 0.25) is 5.91 Å². The first-order valence-electron chi connectivity index (χ1n) is 16.2. The van der Waals surface area contributed by atoms with Gasteiger partial charge in [-0.2, -0.15) is 0 Å². The molecule has 256 valence electrons. The molecule has 1 aliphatic rings. The number of amides is 4. The van der Waals surface area contributed by atoms with Gasteiger partial charge in [-0.25, -0.2) is 15.0 Å². The lowest BCUT2D eigenvalue weighted by Gasteiger charge is -2.37. The molecular weight excluding hydrogens is 648 g/mol. The minimum Gasteiger partial charge on any atom is -0.474 e. The van der Waals surface area contributed by atoms with Crippen molar-refractivity contribution >= 4 is 29.8 Å². The Kier molecular flexibility index (Phi) is 10.2. The molecular formula is C40H34N4O7. The largest absolute Gasteiger partial charge is 0.474 e. The van der Waals surface area contributed by atoms with E-state index < -0.39 is 47.8 Å². The van der Waals surface area contributed by atoms with Crippen molar-refractivity contribution in [2.45, 2.75) is 23.9 Å². The van der Waals surface area contributed by atoms with E-state index in [0.29, 0.717) is 16.7 Å². The number of hydrogen-bond acceptors (Lipinski definition) is 6. The smallest absolute Gasteiger partial charge is 0.426 e. The molecule has 0 aliphatic heterocycles. The highest BCUT2D eigenvalue weighted by Crippen LogP contribution is 2.44. The number of aliphatic carboxylic acids is 1. The summed E-state index contributed by atoms with van der Waals surface area (Å²) in [6.45, 7) is -0.0299. The number of carboxylic acids is 1. The molecule has 0 fully saturated rings. The molecule has 4 amide bonds. The molecule has 0 saturated heterocycles. The van der Waals surface area contributed by atoms with Crippen molar-refractivity contribution in [3.63, 3.8) is 0 Å². The van der Waals surface area contributed by atoms with Crippen molar-refractivity contribution in [1.82, 2.24) is 21.5 Å². The van der Waals surface area contributed by atoms with Gasteiger partial charge in [0.05, 0.1) is 6.42 Å². The van der Waals surface area contributed by atoms with Gasteiger partial charge in [-0.1, -0.05) is 140 Å². The second kappa shape index (κ2) is 15.2. The van der Waals surface area contributed by atoms with Crippen LogP contribution in [0.3, 0.4) is 0 Å². The van der Waals surface area contributed by atoms with Crippen LogP contribution in [0.4, 0.5) is 4.79 Å². The summed E-state index contributed by atoms with van der Waals surface area (Å²) in [5.41, 5.74) is 9.27. The topological polar surface area (TPSA) is 163 Å². The van der Waals surface area contributed by atoms with Crippen LogP contribution in [0.15, 0.2) is 140 Å². The summed E-state index contributed by atoms with van der Waals surface area (Å²) < 4.78 is 5.46. The molecule has 0 radical (unpaired) electrons. The molecule has 6 rings (SSSR count). The number of benzene rings is 5. The molecule has 0 bridgehead atoms. The fourth-order valence-corrected chi connectivity index (χ4v) is 6.49. The summed E-state index contributed by atoms with van der Waals surface area (Å²) in [4.78, 5) is 63.7. The third-order valence-electron chi connectivity index (χ3n) is 8.78. The Morgan fingerprint density at radius 3 is 1.55 bits per heavy atom. The highest BCUT2D eigenvalue weighted by Gasteiger charge is 2.39. The monoisotopic (exact) mass is 682 g/mol. The highest BCUT2D eigenvalue weighted by molar-refractivity contribution is 6.32. The van der Waals surface area contributed by atoms with Crippen LogP contribution in [0.2, 0.25) is 0 Å². The minimum absolute atomic E-state index is 0.0299. The van der Waals surface area contributed by atoms with Crippen LogP contribution in [0.5, 0.6) is 0 Å². The average Bonchev–Trinajstić information content (AvgIpc) is 3.49. The number of ether oxygens (including phenoxy) is 1. The van der Waals surface area contributed by atoms with Gasteiger partial charge < -0.3 is 20.5 Å². The standard InChI is InChI=1S/C40H34N4O7/c45-35(42-40(26-14-4-1-5-15-26,27-16-6-2-7-17-27)28-18-8-3-9-19-28)24-34(41-37(47)38(48)49)36(46)43-44-39(50)51-25-33-31-22-12-10-20-29(31)30-21-11-13-23-32(30)33/h1-23,33-34H,24-25H2,(H,41,47)(H,42,45)(H,43,46)(H,44,50)(H,48,49)/t34-/m1/s1. The van der Waals surface area contributed by atoms with E-state index in [1.807, 2.05) is 140 Å². The Bertz CT molecular complexity index is 1910. The van der Waals surface area contributed by atoms with Crippen LogP contribution in [0.1, 0.15) is 40.2 Å². The van der Waals surface area contributed by atoms with Crippen LogP contribution in [-0.4, -0.2) is 47.5 Å². The van der Waals surface area contributed by atoms with Crippen molar-refractivity contribution in [3.05, 3.63) is 167 Å². The van der Waals surface area contributed by atoms with Crippen molar-refractivity contribution in [2.24, 2.45) is 0 Å². The number of fused-ring (bicyclic) bond motifs is 3. The van der Waals surface area contributed by atoms with Gasteiger partial charge >= 0.3 is 18.0 Å². The Balaban J connectivity index is 1.18. The number of carbonyl (C=O) groups is 5. The van der Waals surface area contributed by atoms with E-state index in [9.17, 15) is 29.1 Å². The van der Waals surface area contributed by atoms with Crippen LogP contribution in [0, 0.1) is 0 Å². The zero-order valence-electron chi connectivity index (χ0n) is 27.2. The van der Waals surface area contributed by atoms with E-state index in [-0.39, 0.29) is 12.5 Å². The van der Waals surface area contributed by atoms with Crippen molar-refractivity contribution in [3.8, 4) is 11.1 Å². The van der Waals surface area contributed by atoms with Gasteiger partial charge in [0.1, 0.15) is 18.2 Å². The summed E-state index contributed by atoms with van der Waals surface area (Å²) in [7, 11) is 0. The van der Waals surface area contributed by atoms with Crippen LogP contribution in [-0.2, 0) is 29.5 Å². The number of rotatable bonds is 10. The summed E-state index contributed by atoms with van der Waals surface area (Å²) in [5.74, 6) is -5.34. The Hall–Kier alpha value is -6.75. The third kappa shape index (κ3) is 7.32. The quantitative estimate of drug-likeness (QED) is 0.0815. The highest BCUT2D eigenvalue weighted by atomic mass is 16.6. The number of hydrazine groups is 1. The molecule has 11 nitrogen and oxygen atoms in total. The lowest BCUT2D eigenvalue weighted by molar-refractivity contribution is -0.151. The second-order valence-corrected chi connectivity index (χ2v) is 11.9. The van der Waals surface area contributed by atoms with E-state index in [0.717, 1.165) is 22.3 Å². The van der Waals surface area contributed by atoms with Crippen LogP contribution in [0.25, 0.3) is 11.1 Å². The molecule has 0 saturated carbocycles. The van der Waals surface area contributed by atoms with Crippen LogP contribution >= 0.6 is 0 Å². The van der Waals surface area contributed by atoms with Crippen molar-refractivity contribution in [1.29, 1.82) is 0 Å². The fourth-order valence-electron chi connectivity index (χ4n) is 6.49. The number of nitrogens with one attached hydrogen (secondary N) is 4. The molecule has 1 atom stereocenters. The van der Waals surface area contributed by atoms with Gasteiger partial charge in [-0.05, 0) is 38.9 Å². The molecule has 5 aromatic carbocycles. The first-order valence-corrected chi connectivity index (χ1v) is 16.2. The zero-order chi connectivity index (χ0) is 35.8. The van der Waals surface area contributed by atoms with E-state index in [2.05, 4.69) is 21.5 Å². The Morgan fingerprint density at radius 2 is 1.08 bits per heavy atom. The fraction of sp³-hybridized carbons (Fsp3) is 0.125. The first-order chi connectivity index (χ1) is 24.8. The molecule has 5 N–H and O–H groups in total. The minimum atomic E-state index is -1.86. The first kappa shape index (κ1) is 34.1. The van der Waals surface area contributed by atoms with Crippen LogP contribution < -0.4 is 21.5 Å². The van der Waals surface area contributed by atoms with E-state index in [1.165, 1.54) is 0 Å². The van der Waals surface area contributed by atoms with Crippen molar-refractivity contribution in [2.75, 3.05) is 6.61 Å². The van der Waals surface area contributed by atoms with Gasteiger partial charge in [0, 0.05) is 5.92 Å². The number of hydrogen-bond donors (Lipinski definition) is 5. The maximum Gasteiger partial charge on any atom is 0.426 e. The zero-order valence-corrected chi connectivity index (χ0v) is 27.2. The molecule has 0 unspecified atom stereocenters. The van der Waals surface area contributed by atoms with Gasteiger partial charge in [0.15, 0.2) is 0 Å². The lowest BCUT2D eigenvalue weighted by Crippen LogP contribution is -2.56. The Morgan fingerprint density at radius 1 is 0.627 bits per heavy atom.